The zero-order valence-electron chi connectivity index (χ0n) is 14.3. The van der Waals surface area contributed by atoms with E-state index in [0.29, 0.717) is 6.54 Å². The van der Waals surface area contributed by atoms with Crippen LogP contribution in [0.3, 0.4) is 0 Å². The molecule has 0 aliphatic rings. The second kappa shape index (κ2) is 6.75. The van der Waals surface area contributed by atoms with Crippen molar-refractivity contribution in [3.8, 4) is 0 Å². The molecule has 5 nitrogen and oxygen atoms in total. The normalized spacial score (nSPS) is 12.5. The highest BCUT2D eigenvalue weighted by molar-refractivity contribution is 7.17. The molecule has 0 aliphatic heterocycles. The first kappa shape index (κ1) is 16.7. The van der Waals surface area contributed by atoms with Crippen LogP contribution in [0.1, 0.15) is 27.9 Å². The number of aromatic nitrogens is 2. The number of methoxy groups -OCH3 is 1. The number of ether oxygens (including phenoxy) is 1. The van der Waals surface area contributed by atoms with Crippen LogP contribution >= 0.6 is 11.3 Å². The fraction of sp³-hybridized carbons (Fsp3) is 0.333. The van der Waals surface area contributed by atoms with Gasteiger partial charge in [-0.2, -0.15) is 0 Å². The Morgan fingerprint density at radius 3 is 2.71 bits per heavy atom. The maximum atomic E-state index is 12.8. The number of carbonyl (C=O) groups is 1. The molecule has 24 heavy (non-hydrogen) atoms. The van der Waals surface area contributed by atoms with E-state index >= 15 is 0 Å². The maximum Gasteiger partial charge on any atom is 0.256 e. The summed E-state index contributed by atoms with van der Waals surface area (Å²) in [6, 6.07) is 9.56. The Morgan fingerprint density at radius 2 is 2.04 bits per heavy atom. The van der Waals surface area contributed by atoms with Gasteiger partial charge < -0.3 is 9.64 Å². The van der Waals surface area contributed by atoms with E-state index in [4.69, 9.17) is 4.74 Å². The van der Waals surface area contributed by atoms with Crippen LogP contribution in [0.25, 0.3) is 4.96 Å². The average molecular weight is 343 g/mol. The molecule has 0 saturated heterocycles. The first-order valence-electron chi connectivity index (χ1n) is 7.78. The Labute approximate surface area is 145 Å². The molecule has 0 aliphatic carbocycles. The van der Waals surface area contributed by atoms with Crippen molar-refractivity contribution in [2.45, 2.75) is 26.5 Å². The van der Waals surface area contributed by atoms with Gasteiger partial charge in [-0.3, -0.25) is 9.20 Å². The van der Waals surface area contributed by atoms with Gasteiger partial charge in [0.05, 0.1) is 17.9 Å². The van der Waals surface area contributed by atoms with E-state index in [2.05, 4.69) is 22.5 Å². The van der Waals surface area contributed by atoms with E-state index in [1.54, 1.807) is 30.4 Å². The molecule has 6 heteroatoms. The van der Waals surface area contributed by atoms with Crippen LogP contribution in [0.5, 0.6) is 0 Å². The van der Waals surface area contributed by atoms with E-state index in [9.17, 15) is 4.79 Å². The summed E-state index contributed by atoms with van der Waals surface area (Å²) < 4.78 is 7.52. The Kier molecular flexibility index (Phi) is 4.69. The van der Waals surface area contributed by atoms with Crippen molar-refractivity contribution in [3.05, 3.63) is 58.4 Å². The number of fused-ring (bicyclic) bond motifs is 1. The number of nitrogens with zero attached hydrogens (tertiary/aromatic N) is 3. The number of carbonyl (C=O) groups excluding carboxylic acids is 1. The quantitative estimate of drug-likeness (QED) is 0.714. The fourth-order valence-corrected chi connectivity index (χ4v) is 3.70. The highest BCUT2D eigenvalue weighted by Crippen LogP contribution is 2.23. The van der Waals surface area contributed by atoms with Crippen molar-refractivity contribution in [1.29, 1.82) is 0 Å². The lowest BCUT2D eigenvalue weighted by atomic mass is 10.1. The van der Waals surface area contributed by atoms with Crippen molar-refractivity contribution in [2.24, 2.45) is 0 Å². The second-order valence-corrected chi connectivity index (χ2v) is 7.07. The predicted molar refractivity (Wildman–Crippen MR) is 95.2 cm³/mol. The summed E-state index contributed by atoms with van der Waals surface area (Å²) >= 11 is 1.65. The minimum atomic E-state index is -0.593. The van der Waals surface area contributed by atoms with Gasteiger partial charge in [0.15, 0.2) is 11.1 Å². The Hall–Kier alpha value is -2.18. The second-order valence-electron chi connectivity index (χ2n) is 5.86. The Balaban J connectivity index is 1.83. The molecule has 0 spiro atoms. The molecular weight excluding hydrogens is 322 g/mol. The number of benzene rings is 1. The van der Waals surface area contributed by atoms with Crippen LogP contribution in [-0.2, 0) is 16.1 Å². The fourth-order valence-electron chi connectivity index (χ4n) is 2.81. The molecule has 3 rings (SSSR count). The number of likely N-dealkylation sites (N-methyl/N-ethyl adjacent to an activating group) is 1. The number of aryl methyl sites for hydroxylation is 2. The molecule has 1 amide bonds. The van der Waals surface area contributed by atoms with Crippen molar-refractivity contribution < 1.29 is 9.53 Å². The molecule has 1 atom stereocenters. The van der Waals surface area contributed by atoms with Crippen LogP contribution in [0.15, 0.2) is 36.5 Å². The lowest BCUT2D eigenvalue weighted by Gasteiger charge is -2.23. The molecular formula is C18H21N3O2S. The third-order valence-electron chi connectivity index (χ3n) is 4.07. The molecule has 0 N–H and O–H groups in total. The average Bonchev–Trinajstić information content (AvgIpc) is 3.05. The molecule has 1 unspecified atom stereocenters. The monoisotopic (exact) mass is 343 g/mol. The van der Waals surface area contributed by atoms with Gasteiger partial charge in [-0.1, -0.05) is 30.3 Å². The van der Waals surface area contributed by atoms with E-state index in [-0.39, 0.29) is 5.91 Å². The summed E-state index contributed by atoms with van der Waals surface area (Å²) in [7, 11) is 3.36. The first-order chi connectivity index (χ1) is 11.5. The van der Waals surface area contributed by atoms with Gasteiger partial charge in [-0.05, 0) is 19.4 Å². The summed E-state index contributed by atoms with van der Waals surface area (Å²) in [6.45, 7) is 4.53. The highest BCUT2D eigenvalue weighted by Gasteiger charge is 2.25. The van der Waals surface area contributed by atoms with E-state index < -0.39 is 6.10 Å². The van der Waals surface area contributed by atoms with Gasteiger partial charge >= 0.3 is 0 Å². The van der Waals surface area contributed by atoms with Gasteiger partial charge in [0, 0.05) is 25.2 Å². The SMILES string of the molecule is COC(C(=O)N(C)Cc1c(C)nc2sc(C)cn12)c1ccccc1. The number of amides is 1. The summed E-state index contributed by atoms with van der Waals surface area (Å²) in [4.78, 5) is 21.3. The van der Waals surface area contributed by atoms with E-state index in [1.807, 2.05) is 37.3 Å². The van der Waals surface area contributed by atoms with Crippen molar-refractivity contribution in [1.82, 2.24) is 14.3 Å². The number of hydrogen-bond acceptors (Lipinski definition) is 4. The standard InChI is InChI=1S/C18H21N3O2S/c1-12-10-21-15(13(2)19-18(21)24-12)11-20(3)17(22)16(23-4)14-8-6-5-7-9-14/h5-10,16H,11H2,1-4H3. The summed E-state index contributed by atoms with van der Waals surface area (Å²) in [6.07, 6.45) is 1.47. The van der Waals surface area contributed by atoms with Crippen LogP contribution in [0.4, 0.5) is 0 Å². The van der Waals surface area contributed by atoms with E-state index in [0.717, 1.165) is 21.9 Å². The molecule has 3 aromatic rings. The van der Waals surface area contributed by atoms with Gasteiger partial charge in [-0.25, -0.2) is 4.98 Å². The number of imidazole rings is 1. The molecule has 0 bridgehead atoms. The molecule has 2 heterocycles. The largest absolute Gasteiger partial charge is 0.367 e. The smallest absolute Gasteiger partial charge is 0.256 e. The van der Waals surface area contributed by atoms with E-state index in [1.165, 1.54) is 4.88 Å². The number of hydrogen-bond donors (Lipinski definition) is 0. The minimum absolute atomic E-state index is 0.0648. The molecule has 0 radical (unpaired) electrons. The van der Waals surface area contributed by atoms with Gasteiger partial charge in [0.1, 0.15) is 0 Å². The van der Waals surface area contributed by atoms with Crippen LogP contribution in [0, 0.1) is 13.8 Å². The topological polar surface area (TPSA) is 46.8 Å². The molecule has 0 saturated carbocycles. The number of rotatable bonds is 5. The number of thiazole rings is 1. The molecule has 2 aromatic heterocycles. The zero-order valence-corrected chi connectivity index (χ0v) is 15.1. The van der Waals surface area contributed by atoms with Crippen LogP contribution in [0.2, 0.25) is 0 Å². The lowest BCUT2D eigenvalue weighted by molar-refractivity contribution is -0.141. The van der Waals surface area contributed by atoms with Crippen molar-refractivity contribution >= 4 is 22.2 Å². The highest BCUT2D eigenvalue weighted by atomic mass is 32.1. The van der Waals surface area contributed by atoms with Crippen LogP contribution in [-0.4, -0.2) is 34.3 Å². The van der Waals surface area contributed by atoms with Gasteiger partial charge in [0.2, 0.25) is 0 Å². The predicted octanol–water partition coefficient (Wildman–Crippen LogP) is 3.36. The van der Waals surface area contributed by atoms with Crippen LogP contribution < -0.4 is 0 Å². The Morgan fingerprint density at radius 1 is 1.33 bits per heavy atom. The zero-order chi connectivity index (χ0) is 17.3. The van der Waals surface area contributed by atoms with Gasteiger partial charge in [0.25, 0.3) is 5.91 Å². The first-order valence-corrected chi connectivity index (χ1v) is 8.59. The third kappa shape index (κ3) is 3.07. The lowest BCUT2D eigenvalue weighted by Crippen LogP contribution is -2.32. The molecule has 126 valence electrons. The van der Waals surface area contributed by atoms with Crippen molar-refractivity contribution in [2.75, 3.05) is 14.2 Å². The maximum absolute atomic E-state index is 12.8. The summed E-state index contributed by atoms with van der Waals surface area (Å²) in [5, 5.41) is 0. The van der Waals surface area contributed by atoms with Crippen molar-refractivity contribution in [3.63, 3.8) is 0 Å². The Bertz CT molecular complexity index is 854. The summed E-state index contributed by atoms with van der Waals surface area (Å²) in [5.74, 6) is -0.0648. The van der Waals surface area contributed by atoms with Gasteiger partial charge in [-0.15, -0.1) is 11.3 Å². The molecule has 0 fully saturated rings. The summed E-state index contributed by atoms with van der Waals surface area (Å²) in [5.41, 5.74) is 2.85. The third-order valence-corrected chi connectivity index (χ3v) is 4.96. The molecule has 1 aromatic carbocycles. The minimum Gasteiger partial charge on any atom is -0.367 e.